The lowest BCUT2D eigenvalue weighted by molar-refractivity contribution is -0.160. The number of hydrogen-bond donors (Lipinski definition) is 2. The van der Waals surface area contributed by atoms with Gasteiger partial charge in [0.25, 0.3) is 5.91 Å². The third-order valence-corrected chi connectivity index (χ3v) is 5.69. The number of aromatic carboxylic acids is 1. The monoisotopic (exact) mass is 451 g/mol. The van der Waals surface area contributed by atoms with Gasteiger partial charge in [0, 0.05) is 0 Å². The summed E-state index contributed by atoms with van der Waals surface area (Å²) in [4.78, 5) is 24.2. The van der Waals surface area contributed by atoms with E-state index < -0.39 is 35.5 Å². The first-order valence-electron chi connectivity index (χ1n) is 10.2. The quantitative estimate of drug-likeness (QED) is 0.534. The first-order valence-corrected chi connectivity index (χ1v) is 10.2. The van der Waals surface area contributed by atoms with E-state index in [2.05, 4.69) is 5.32 Å². The summed E-state index contributed by atoms with van der Waals surface area (Å²) >= 11 is 0. The molecule has 32 heavy (non-hydrogen) atoms. The minimum atomic E-state index is -4.42. The number of carbonyl (C=O) groups is 2. The lowest BCUT2D eigenvalue weighted by Crippen LogP contribution is -2.51. The van der Waals surface area contributed by atoms with E-state index in [0.717, 1.165) is 17.7 Å². The third kappa shape index (κ3) is 5.88. The fourth-order valence-electron chi connectivity index (χ4n) is 3.17. The molecule has 0 heterocycles. The van der Waals surface area contributed by atoms with Crippen LogP contribution in [0, 0.1) is 5.92 Å². The summed E-state index contributed by atoms with van der Waals surface area (Å²) in [5, 5.41) is 11.9. The zero-order valence-corrected chi connectivity index (χ0v) is 18.7. The van der Waals surface area contributed by atoms with Gasteiger partial charge in [-0.25, -0.2) is 4.79 Å². The number of halogens is 3. The number of amides is 1. The van der Waals surface area contributed by atoms with Gasteiger partial charge in [0.05, 0.1) is 23.3 Å². The number of benzene rings is 2. The topological polar surface area (TPSA) is 75.6 Å². The molecule has 0 aliphatic rings. The van der Waals surface area contributed by atoms with Crippen LogP contribution in [-0.4, -0.2) is 22.6 Å². The summed E-state index contributed by atoms with van der Waals surface area (Å²) in [6, 6.07) is 10.5. The second-order valence-corrected chi connectivity index (χ2v) is 8.26. The van der Waals surface area contributed by atoms with E-state index in [0.29, 0.717) is 5.56 Å². The molecule has 1 unspecified atom stereocenters. The molecule has 1 amide bonds. The lowest BCUT2D eigenvalue weighted by Gasteiger charge is -2.36. The minimum Gasteiger partial charge on any atom is -0.478 e. The summed E-state index contributed by atoms with van der Waals surface area (Å²) in [7, 11) is 0. The maximum atomic E-state index is 13.1. The summed E-state index contributed by atoms with van der Waals surface area (Å²) in [5.74, 6) is -1.65. The van der Waals surface area contributed by atoms with Crippen molar-refractivity contribution in [3.63, 3.8) is 0 Å². The zero-order valence-electron chi connectivity index (χ0n) is 18.7. The van der Waals surface area contributed by atoms with Crippen LogP contribution in [0.4, 0.5) is 13.2 Å². The highest BCUT2D eigenvalue weighted by molar-refractivity contribution is 5.87. The standard InChI is InChI=1S/C24H28F3NO4/c1-14(2)23(5,32-16(4)18-10-12-20(13-11-18)24(25,26)27)22(31)28-15(3)17-6-8-19(9-7-17)21(29)30/h6-16H,1-5H3,(H,28,31)(H,29,30)/t15-,16?,23-/m0/s1. The van der Waals surface area contributed by atoms with E-state index in [1.54, 1.807) is 32.9 Å². The Balaban J connectivity index is 2.15. The number of carboxylic acid groups (broad SMARTS) is 1. The SMILES string of the molecule is CC(O[C@](C)(C(=O)N[C@@H](C)c1ccc(C(=O)O)cc1)C(C)C)c1ccc(C(F)(F)F)cc1. The first kappa shape index (κ1) is 25.4. The summed E-state index contributed by atoms with van der Waals surface area (Å²) in [6.07, 6.45) is -5.05. The van der Waals surface area contributed by atoms with Crippen molar-refractivity contribution in [2.75, 3.05) is 0 Å². The summed E-state index contributed by atoms with van der Waals surface area (Å²) in [6.45, 7) is 8.75. The van der Waals surface area contributed by atoms with Gasteiger partial charge in [-0.3, -0.25) is 4.79 Å². The molecule has 2 aromatic carbocycles. The van der Waals surface area contributed by atoms with Crippen LogP contribution in [0.3, 0.4) is 0 Å². The molecule has 0 fully saturated rings. The predicted molar refractivity (Wildman–Crippen MR) is 114 cm³/mol. The maximum Gasteiger partial charge on any atom is 0.416 e. The van der Waals surface area contributed by atoms with Gasteiger partial charge in [0.2, 0.25) is 0 Å². The highest BCUT2D eigenvalue weighted by Gasteiger charge is 2.40. The third-order valence-electron chi connectivity index (χ3n) is 5.69. The molecule has 0 radical (unpaired) electrons. The van der Waals surface area contributed by atoms with E-state index >= 15 is 0 Å². The van der Waals surface area contributed by atoms with E-state index in [-0.39, 0.29) is 17.4 Å². The second kappa shape index (κ2) is 9.73. The smallest absolute Gasteiger partial charge is 0.416 e. The number of nitrogens with one attached hydrogen (secondary N) is 1. The molecule has 3 atom stereocenters. The van der Waals surface area contributed by atoms with Crippen LogP contribution >= 0.6 is 0 Å². The Morgan fingerprint density at radius 2 is 1.41 bits per heavy atom. The van der Waals surface area contributed by atoms with E-state index in [4.69, 9.17) is 9.84 Å². The zero-order chi connectivity index (χ0) is 24.3. The molecule has 0 saturated heterocycles. The molecule has 0 aliphatic carbocycles. The van der Waals surface area contributed by atoms with Gasteiger partial charge < -0.3 is 15.2 Å². The number of ether oxygens (including phenoxy) is 1. The Labute approximate surface area is 185 Å². The number of rotatable bonds is 8. The van der Waals surface area contributed by atoms with Crippen LogP contribution in [-0.2, 0) is 15.7 Å². The number of carbonyl (C=O) groups excluding carboxylic acids is 1. The summed E-state index contributed by atoms with van der Waals surface area (Å²) in [5.41, 5.74) is -0.606. The van der Waals surface area contributed by atoms with Crippen LogP contribution in [0.15, 0.2) is 48.5 Å². The van der Waals surface area contributed by atoms with Gasteiger partial charge in [-0.05, 0) is 62.1 Å². The maximum absolute atomic E-state index is 13.1. The van der Waals surface area contributed by atoms with Gasteiger partial charge in [-0.2, -0.15) is 13.2 Å². The fraction of sp³-hybridized carbons (Fsp3) is 0.417. The van der Waals surface area contributed by atoms with Crippen LogP contribution in [0.1, 0.15) is 73.8 Å². The molecule has 8 heteroatoms. The largest absolute Gasteiger partial charge is 0.478 e. The van der Waals surface area contributed by atoms with Gasteiger partial charge in [0.1, 0.15) is 5.60 Å². The Bertz CT molecular complexity index is 939. The molecule has 2 aromatic rings. The molecule has 174 valence electrons. The van der Waals surface area contributed by atoms with Gasteiger partial charge in [-0.15, -0.1) is 0 Å². The first-order chi connectivity index (χ1) is 14.8. The van der Waals surface area contributed by atoms with Crippen molar-refractivity contribution < 1.29 is 32.6 Å². The Kier molecular flexibility index (Phi) is 7.72. The molecule has 0 aliphatic heterocycles. The van der Waals surface area contributed by atoms with Gasteiger partial charge in [0.15, 0.2) is 0 Å². The molecular weight excluding hydrogens is 423 g/mol. The molecule has 2 rings (SSSR count). The van der Waals surface area contributed by atoms with Gasteiger partial charge >= 0.3 is 12.1 Å². The normalized spacial score (nSPS) is 15.7. The van der Waals surface area contributed by atoms with Crippen molar-refractivity contribution in [2.45, 2.75) is 58.5 Å². The van der Waals surface area contributed by atoms with Crippen molar-refractivity contribution in [3.8, 4) is 0 Å². The van der Waals surface area contributed by atoms with Crippen LogP contribution in [0.2, 0.25) is 0 Å². The predicted octanol–water partition coefficient (Wildman–Crippen LogP) is 5.77. The van der Waals surface area contributed by atoms with Crippen molar-refractivity contribution in [1.29, 1.82) is 0 Å². The lowest BCUT2D eigenvalue weighted by atomic mass is 9.90. The summed E-state index contributed by atoms with van der Waals surface area (Å²) < 4.78 is 44.5. The van der Waals surface area contributed by atoms with Crippen molar-refractivity contribution in [3.05, 3.63) is 70.8 Å². The molecule has 2 N–H and O–H groups in total. The molecular formula is C24H28F3NO4. The number of alkyl halides is 3. The second-order valence-electron chi connectivity index (χ2n) is 8.26. The highest BCUT2D eigenvalue weighted by atomic mass is 19.4. The van der Waals surface area contributed by atoms with Crippen molar-refractivity contribution in [2.24, 2.45) is 5.92 Å². The molecule has 0 spiro atoms. The molecule has 0 bridgehead atoms. The van der Waals surface area contributed by atoms with Crippen molar-refractivity contribution in [1.82, 2.24) is 5.32 Å². The van der Waals surface area contributed by atoms with E-state index in [9.17, 15) is 22.8 Å². The average molecular weight is 451 g/mol. The highest BCUT2D eigenvalue weighted by Crippen LogP contribution is 2.33. The number of carboxylic acids is 1. The van der Waals surface area contributed by atoms with E-state index in [1.165, 1.54) is 24.3 Å². The Hall–Kier alpha value is -2.87. The number of hydrogen-bond acceptors (Lipinski definition) is 3. The molecule has 0 aromatic heterocycles. The van der Waals surface area contributed by atoms with E-state index in [1.807, 2.05) is 13.8 Å². The Morgan fingerprint density at radius 3 is 1.84 bits per heavy atom. The Morgan fingerprint density at radius 1 is 0.906 bits per heavy atom. The fourth-order valence-corrected chi connectivity index (χ4v) is 3.17. The van der Waals surface area contributed by atoms with Crippen molar-refractivity contribution >= 4 is 11.9 Å². The molecule has 0 saturated carbocycles. The molecule has 5 nitrogen and oxygen atoms in total. The van der Waals surface area contributed by atoms with Crippen LogP contribution < -0.4 is 5.32 Å². The van der Waals surface area contributed by atoms with Crippen LogP contribution in [0.5, 0.6) is 0 Å². The van der Waals surface area contributed by atoms with Gasteiger partial charge in [-0.1, -0.05) is 38.1 Å². The van der Waals surface area contributed by atoms with Crippen LogP contribution in [0.25, 0.3) is 0 Å². The minimum absolute atomic E-state index is 0.146. The average Bonchev–Trinajstić information content (AvgIpc) is 2.72.